The highest BCUT2D eigenvalue weighted by Crippen LogP contribution is 2.40. The van der Waals surface area contributed by atoms with Gasteiger partial charge in [-0.1, -0.05) is 0 Å². The fourth-order valence-corrected chi connectivity index (χ4v) is 2.95. The number of nitriles is 1. The molecule has 7 heteroatoms. The van der Waals surface area contributed by atoms with E-state index in [0.717, 1.165) is 5.56 Å². The Bertz CT molecular complexity index is 910. The number of hydrogen-bond donors (Lipinski definition) is 2. The molecule has 24 heavy (non-hydrogen) atoms. The highest BCUT2D eigenvalue weighted by atomic mass is 16.5. The van der Waals surface area contributed by atoms with E-state index in [1.54, 1.807) is 37.5 Å². The van der Waals surface area contributed by atoms with E-state index in [1.807, 2.05) is 6.07 Å². The summed E-state index contributed by atoms with van der Waals surface area (Å²) in [7, 11) is 0. The Kier molecular flexibility index (Phi) is 4.06. The Morgan fingerprint density at radius 3 is 2.79 bits per heavy atom. The van der Waals surface area contributed by atoms with Crippen molar-refractivity contribution in [3.05, 3.63) is 69.2 Å². The molecule has 0 fully saturated rings. The third-order valence-electron chi connectivity index (χ3n) is 4.05. The van der Waals surface area contributed by atoms with Crippen LogP contribution >= 0.6 is 0 Å². The van der Waals surface area contributed by atoms with Gasteiger partial charge in [0, 0.05) is 30.7 Å². The lowest BCUT2D eigenvalue weighted by Crippen LogP contribution is -2.33. The molecule has 1 atom stereocenters. The average molecular weight is 324 g/mol. The van der Waals surface area contributed by atoms with Crippen LogP contribution in [0.2, 0.25) is 0 Å². The number of aryl methyl sites for hydroxylation is 1. The van der Waals surface area contributed by atoms with E-state index >= 15 is 0 Å². The molecule has 3 N–H and O–H groups in total. The van der Waals surface area contributed by atoms with Crippen molar-refractivity contribution in [1.82, 2.24) is 9.55 Å². The number of hydrogen-bond acceptors (Lipinski definition) is 6. The topological polar surface area (TPSA) is 114 Å². The summed E-state index contributed by atoms with van der Waals surface area (Å²) in [5.74, 6) is -0.296. The number of aliphatic hydroxyl groups is 1. The van der Waals surface area contributed by atoms with Crippen molar-refractivity contribution in [2.45, 2.75) is 19.4 Å². The number of aromatic nitrogens is 2. The number of allylic oxidation sites excluding steroid dienone is 1. The molecule has 1 aliphatic rings. The molecule has 0 spiro atoms. The first-order valence-electron chi connectivity index (χ1n) is 7.41. The number of pyridine rings is 2. The summed E-state index contributed by atoms with van der Waals surface area (Å²) >= 11 is 0. The molecule has 0 amide bonds. The van der Waals surface area contributed by atoms with Gasteiger partial charge in [0.25, 0.3) is 5.56 Å². The Morgan fingerprint density at radius 1 is 1.46 bits per heavy atom. The molecule has 0 saturated carbocycles. The van der Waals surface area contributed by atoms with E-state index in [2.05, 4.69) is 4.98 Å². The third kappa shape index (κ3) is 2.43. The molecule has 0 aromatic carbocycles. The first kappa shape index (κ1) is 15.8. The van der Waals surface area contributed by atoms with E-state index in [1.165, 1.54) is 4.57 Å². The van der Waals surface area contributed by atoms with Crippen molar-refractivity contribution in [3.8, 4) is 11.8 Å². The SMILES string of the molecule is Cc1cc2c(c(=O)n1CCO)[C@@H](c1ccncc1)C(C#N)=C(N)O2. The summed E-state index contributed by atoms with van der Waals surface area (Å²) in [6, 6.07) is 7.22. The fraction of sp³-hybridized carbons (Fsp3) is 0.235. The van der Waals surface area contributed by atoms with E-state index in [-0.39, 0.29) is 30.2 Å². The Morgan fingerprint density at radius 2 is 2.17 bits per heavy atom. The van der Waals surface area contributed by atoms with Gasteiger partial charge in [0.15, 0.2) is 0 Å². The van der Waals surface area contributed by atoms with Crippen molar-refractivity contribution in [2.75, 3.05) is 6.61 Å². The van der Waals surface area contributed by atoms with Gasteiger partial charge >= 0.3 is 0 Å². The molecule has 7 nitrogen and oxygen atoms in total. The minimum Gasteiger partial charge on any atom is -0.440 e. The standard InChI is InChI=1S/C17H16N4O3/c1-10-8-13-15(17(23)21(10)6-7-22)14(11-2-4-20-5-3-11)12(9-18)16(19)24-13/h2-5,8,14,22H,6-7,19H2,1H3/t14-/m0/s1. The predicted octanol–water partition coefficient (Wildman–Crippen LogP) is 0.762. The summed E-state index contributed by atoms with van der Waals surface area (Å²) in [6.07, 6.45) is 3.19. The number of nitrogens with two attached hydrogens (primary N) is 1. The highest BCUT2D eigenvalue weighted by Gasteiger charge is 2.34. The van der Waals surface area contributed by atoms with E-state index in [0.29, 0.717) is 17.0 Å². The van der Waals surface area contributed by atoms with Crippen LogP contribution in [0, 0.1) is 18.3 Å². The van der Waals surface area contributed by atoms with Crippen molar-refractivity contribution in [2.24, 2.45) is 5.73 Å². The zero-order chi connectivity index (χ0) is 17.3. The first-order chi connectivity index (χ1) is 11.6. The van der Waals surface area contributed by atoms with Gasteiger partial charge < -0.3 is 20.1 Å². The van der Waals surface area contributed by atoms with Crippen LogP contribution in [0.1, 0.15) is 22.7 Å². The molecular formula is C17H16N4O3. The maximum atomic E-state index is 13.0. The maximum absolute atomic E-state index is 13.0. The molecular weight excluding hydrogens is 308 g/mol. The smallest absolute Gasteiger partial charge is 0.258 e. The molecule has 0 radical (unpaired) electrons. The molecule has 1 aliphatic heterocycles. The molecule has 2 aromatic heterocycles. The van der Waals surface area contributed by atoms with E-state index in [9.17, 15) is 15.2 Å². The lowest BCUT2D eigenvalue weighted by atomic mass is 9.84. The molecule has 122 valence electrons. The van der Waals surface area contributed by atoms with Gasteiger partial charge in [-0.3, -0.25) is 9.78 Å². The second-order valence-corrected chi connectivity index (χ2v) is 5.45. The molecule has 0 bridgehead atoms. The number of ether oxygens (including phenoxy) is 1. The predicted molar refractivity (Wildman–Crippen MR) is 86.1 cm³/mol. The minimum atomic E-state index is -0.625. The molecule has 3 rings (SSSR count). The molecule has 0 saturated heterocycles. The quantitative estimate of drug-likeness (QED) is 0.861. The normalized spacial score (nSPS) is 16.3. The van der Waals surface area contributed by atoms with Gasteiger partial charge in [0.2, 0.25) is 5.88 Å². The zero-order valence-corrected chi connectivity index (χ0v) is 13.1. The van der Waals surface area contributed by atoms with E-state index < -0.39 is 5.92 Å². The van der Waals surface area contributed by atoms with Crippen molar-refractivity contribution in [1.29, 1.82) is 5.26 Å². The molecule has 3 heterocycles. The van der Waals surface area contributed by atoms with Gasteiger partial charge in [-0.25, -0.2) is 0 Å². The maximum Gasteiger partial charge on any atom is 0.258 e. The molecule has 0 unspecified atom stereocenters. The van der Waals surface area contributed by atoms with Crippen molar-refractivity contribution in [3.63, 3.8) is 0 Å². The fourth-order valence-electron chi connectivity index (χ4n) is 2.95. The van der Waals surface area contributed by atoms with Crippen LogP contribution in [0.3, 0.4) is 0 Å². The van der Waals surface area contributed by atoms with Gasteiger partial charge in [0.1, 0.15) is 17.4 Å². The lowest BCUT2D eigenvalue weighted by Gasteiger charge is -2.27. The number of fused-ring (bicyclic) bond motifs is 1. The minimum absolute atomic E-state index is 0.00878. The highest BCUT2D eigenvalue weighted by molar-refractivity contribution is 5.54. The average Bonchev–Trinajstić information content (AvgIpc) is 2.58. The van der Waals surface area contributed by atoms with Crippen LogP contribution < -0.4 is 16.0 Å². The second kappa shape index (κ2) is 6.18. The van der Waals surface area contributed by atoms with Gasteiger partial charge in [0.05, 0.1) is 18.1 Å². The zero-order valence-electron chi connectivity index (χ0n) is 13.1. The van der Waals surface area contributed by atoms with Crippen molar-refractivity contribution >= 4 is 0 Å². The van der Waals surface area contributed by atoms with E-state index in [4.69, 9.17) is 10.5 Å². The van der Waals surface area contributed by atoms with Crippen LogP contribution in [0.4, 0.5) is 0 Å². The van der Waals surface area contributed by atoms with Crippen LogP contribution in [-0.4, -0.2) is 21.3 Å². The Balaban J connectivity index is 2.32. The summed E-state index contributed by atoms with van der Waals surface area (Å²) < 4.78 is 6.99. The Labute approximate surface area is 138 Å². The number of aliphatic hydroxyl groups excluding tert-OH is 1. The lowest BCUT2D eigenvalue weighted by molar-refractivity contribution is 0.272. The van der Waals surface area contributed by atoms with Crippen LogP contribution in [0.25, 0.3) is 0 Å². The van der Waals surface area contributed by atoms with Crippen molar-refractivity contribution < 1.29 is 9.84 Å². The molecule has 0 aliphatic carbocycles. The molecule has 2 aromatic rings. The summed E-state index contributed by atoms with van der Waals surface area (Å²) in [5, 5.41) is 18.7. The van der Waals surface area contributed by atoms with Crippen LogP contribution in [0.15, 0.2) is 46.8 Å². The summed E-state index contributed by atoms with van der Waals surface area (Å²) in [6.45, 7) is 1.76. The van der Waals surface area contributed by atoms with Crippen LogP contribution in [0.5, 0.6) is 5.75 Å². The third-order valence-corrected chi connectivity index (χ3v) is 4.05. The monoisotopic (exact) mass is 324 g/mol. The van der Waals surface area contributed by atoms with Gasteiger partial charge in [-0.2, -0.15) is 5.26 Å². The summed E-state index contributed by atoms with van der Waals surface area (Å²) in [5.41, 5.74) is 7.49. The first-order valence-corrected chi connectivity index (χ1v) is 7.41. The largest absolute Gasteiger partial charge is 0.440 e. The number of nitrogens with zero attached hydrogens (tertiary/aromatic N) is 3. The Hall–Kier alpha value is -3.11. The second-order valence-electron chi connectivity index (χ2n) is 5.45. The van der Waals surface area contributed by atoms with Gasteiger partial charge in [-0.05, 0) is 24.6 Å². The van der Waals surface area contributed by atoms with Crippen LogP contribution in [-0.2, 0) is 6.54 Å². The summed E-state index contributed by atoms with van der Waals surface area (Å²) in [4.78, 5) is 16.9. The number of rotatable bonds is 3. The van der Waals surface area contributed by atoms with Gasteiger partial charge in [-0.15, -0.1) is 0 Å².